The van der Waals surface area contributed by atoms with Crippen LogP contribution in [-0.2, 0) is 10.9 Å². The van der Waals surface area contributed by atoms with Crippen LogP contribution in [0.25, 0.3) is 5.65 Å². The number of alkyl halides is 6. The van der Waals surface area contributed by atoms with E-state index in [4.69, 9.17) is 4.74 Å². The van der Waals surface area contributed by atoms with Gasteiger partial charge < -0.3 is 19.7 Å². The smallest absolute Gasteiger partial charge is 0.433 e. The number of carbonyl (C=O) groups excluding carboxylic acids is 1. The van der Waals surface area contributed by atoms with E-state index in [9.17, 15) is 31.1 Å². The van der Waals surface area contributed by atoms with Gasteiger partial charge in [0.2, 0.25) is 5.95 Å². The fourth-order valence-corrected chi connectivity index (χ4v) is 4.57. The standard InChI is InChI=1S/C21H25F6N5O3/c1-19(2,3)35-18(33)31-8-11-4-5-12(9-31)15(11)28-17-29-16-13(34-10-20(22,23)24)6-7-14(21(25,26)27)32(16)30-17/h6-7,11-12,15H,4-5,8-10H2,1-3H3,(H,28,30)/t11-,12+,15-. The van der Waals surface area contributed by atoms with Crippen LogP contribution in [0.3, 0.4) is 0 Å². The molecular formula is C21H25F6N5O3. The molecule has 14 heteroatoms. The zero-order valence-electron chi connectivity index (χ0n) is 19.2. The summed E-state index contributed by atoms with van der Waals surface area (Å²) >= 11 is 0. The summed E-state index contributed by atoms with van der Waals surface area (Å²) in [5, 5.41) is 6.94. The highest BCUT2D eigenvalue weighted by Gasteiger charge is 2.45. The summed E-state index contributed by atoms with van der Waals surface area (Å²) < 4.78 is 88.8. The minimum Gasteiger partial charge on any atom is -0.480 e. The van der Waals surface area contributed by atoms with Crippen molar-refractivity contribution in [1.29, 1.82) is 0 Å². The summed E-state index contributed by atoms with van der Waals surface area (Å²) in [6.07, 6.45) is -8.36. The minimum atomic E-state index is -4.82. The van der Waals surface area contributed by atoms with E-state index < -0.39 is 47.7 Å². The van der Waals surface area contributed by atoms with E-state index in [1.807, 2.05) is 0 Å². The zero-order chi connectivity index (χ0) is 25.8. The van der Waals surface area contributed by atoms with Gasteiger partial charge >= 0.3 is 18.4 Å². The third-order valence-corrected chi connectivity index (χ3v) is 5.91. The minimum absolute atomic E-state index is 0.0177. The fraction of sp³-hybridized carbons (Fsp3) is 0.667. The predicted octanol–water partition coefficient (Wildman–Crippen LogP) is 4.75. The molecule has 2 aliphatic rings. The van der Waals surface area contributed by atoms with Gasteiger partial charge in [-0.2, -0.15) is 31.3 Å². The molecule has 0 unspecified atom stereocenters. The lowest BCUT2D eigenvalue weighted by Gasteiger charge is -2.38. The van der Waals surface area contributed by atoms with Gasteiger partial charge in [0, 0.05) is 19.1 Å². The number of fused-ring (bicyclic) bond motifs is 3. The van der Waals surface area contributed by atoms with E-state index in [2.05, 4.69) is 20.1 Å². The molecule has 2 bridgehead atoms. The number of likely N-dealkylation sites (tertiary alicyclic amines) is 1. The Kier molecular flexibility index (Phi) is 6.20. The van der Waals surface area contributed by atoms with Crippen molar-refractivity contribution in [1.82, 2.24) is 19.5 Å². The summed E-state index contributed by atoms with van der Waals surface area (Å²) in [5.41, 5.74) is -2.33. The van der Waals surface area contributed by atoms with E-state index in [-0.39, 0.29) is 23.8 Å². The van der Waals surface area contributed by atoms with Gasteiger partial charge in [0.05, 0.1) is 0 Å². The lowest BCUT2D eigenvalue weighted by atomic mass is 9.92. The van der Waals surface area contributed by atoms with Crippen molar-refractivity contribution in [2.75, 3.05) is 25.0 Å². The largest absolute Gasteiger partial charge is 0.480 e. The third kappa shape index (κ3) is 5.67. The lowest BCUT2D eigenvalue weighted by Crippen LogP contribution is -2.51. The molecule has 1 aliphatic heterocycles. The molecule has 2 fully saturated rings. The number of nitrogens with zero attached hydrogens (tertiary/aromatic N) is 4. The predicted molar refractivity (Wildman–Crippen MR) is 111 cm³/mol. The van der Waals surface area contributed by atoms with Crippen molar-refractivity contribution in [3.8, 4) is 5.75 Å². The highest BCUT2D eigenvalue weighted by Crippen LogP contribution is 2.39. The second-order valence-electron chi connectivity index (χ2n) is 9.81. The van der Waals surface area contributed by atoms with Gasteiger partial charge in [-0.3, -0.25) is 0 Å². The molecule has 3 atom stereocenters. The van der Waals surface area contributed by atoms with Crippen molar-refractivity contribution in [2.45, 2.75) is 57.6 Å². The average Bonchev–Trinajstić information content (AvgIpc) is 3.20. The summed E-state index contributed by atoms with van der Waals surface area (Å²) in [7, 11) is 0. The SMILES string of the molecule is CC(C)(C)OC(=O)N1C[C@H]2CC[C@@H](C1)[C@@H]2Nc1nc2c(OCC(F)(F)F)ccc(C(F)(F)F)n2n1. The van der Waals surface area contributed by atoms with E-state index >= 15 is 0 Å². The molecule has 194 valence electrons. The Bertz CT molecular complexity index is 1080. The Hall–Kier alpha value is -2.93. The van der Waals surface area contributed by atoms with Gasteiger partial charge in [-0.15, -0.1) is 5.10 Å². The molecule has 8 nitrogen and oxygen atoms in total. The molecule has 1 N–H and O–H groups in total. The maximum absolute atomic E-state index is 13.5. The van der Waals surface area contributed by atoms with Gasteiger partial charge in [0.25, 0.3) is 0 Å². The Morgan fingerprint density at radius 1 is 1.09 bits per heavy atom. The van der Waals surface area contributed by atoms with Gasteiger partial charge in [-0.05, 0) is 57.6 Å². The summed E-state index contributed by atoms with van der Waals surface area (Å²) in [4.78, 5) is 18.1. The summed E-state index contributed by atoms with van der Waals surface area (Å²) in [6.45, 7) is 4.41. The van der Waals surface area contributed by atoms with Crippen molar-refractivity contribution < 1.29 is 40.6 Å². The molecule has 0 radical (unpaired) electrons. The van der Waals surface area contributed by atoms with Crippen LogP contribution in [0.4, 0.5) is 37.1 Å². The number of piperidine rings is 1. The van der Waals surface area contributed by atoms with Crippen LogP contribution in [0, 0.1) is 11.8 Å². The Labute approximate surface area is 196 Å². The monoisotopic (exact) mass is 509 g/mol. The van der Waals surface area contributed by atoms with E-state index in [0.29, 0.717) is 23.7 Å². The molecule has 1 aliphatic carbocycles. The molecule has 1 saturated heterocycles. The molecule has 1 saturated carbocycles. The van der Waals surface area contributed by atoms with Gasteiger partial charge in [0.15, 0.2) is 18.0 Å². The Balaban J connectivity index is 1.56. The first-order chi connectivity index (χ1) is 16.1. The number of pyridine rings is 1. The topological polar surface area (TPSA) is 81.0 Å². The normalized spacial score (nSPS) is 23.0. The zero-order valence-corrected chi connectivity index (χ0v) is 19.2. The number of amides is 1. The second kappa shape index (κ2) is 8.63. The first-order valence-corrected chi connectivity index (χ1v) is 11.0. The molecule has 1 amide bonds. The average molecular weight is 509 g/mol. The van der Waals surface area contributed by atoms with E-state index in [0.717, 1.165) is 18.9 Å². The fourth-order valence-electron chi connectivity index (χ4n) is 4.57. The molecule has 2 aromatic heterocycles. The number of halogens is 6. The van der Waals surface area contributed by atoms with Gasteiger partial charge in [0.1, 0.15) is 11.3 Å². The van der Waals surface area contributed by atoms with Crippen LogP contribution in [0.15, 0.2) is 12.1 Å². The molecule has 0 spiro atoms. The maximum Gasteiger partial charge on any atom is 0.433 e. The van der Waals surface area contributed by atoms with Crippen LogP contribution >= 0.6 is 0 Å². The van der Waals surface area contributed by atoms with Crippen LogP contribution in [0.1, 0.15) is 39.3 Å². The Morgan fingerprint density at radius 2 is 1.71 bits per heavy atom. The number of aromatic nitrogens is 3. The van der Waals surface area contributed by atoms with Crippen LogP contribution in [-0.4, -0.2) is 63.1 Å². The molecule has 2 aromatic rings. The highest BCUT2D eigenvalue weighted by molar-refractivity contribution is 5.68. The highest BCUT2D eigenvalue weighted by atomic mass is 19.4. The number of carbonyl (C=O) groups is 1. The summed E-state index contributed by atoms with van der Waals surface area (Å²) in [5.74, 6) is -0.670. The first kappa shape index (κ1) is 25.2. The van der Waals surface area contributed by atoms with Crippen molar-refractivity contribution in [3.05, 3.63) is 17.8 Å². The molecule has 3 heterocycles. The summed E-state index contributed by atoms with van der Waals surface area (Å²) in [6, 6.07) is 1.17. The lowest BCUT2D eigenvalue weighted by molar-refractivity contribution is -0.153. The van der Waals surface area contributed by atoms with Gasteiger partial charge in [-0.25, -0.2) is 9.31 Å². The quantitative estimate of drug-likeness (QED) is 0.600. The number of hydrogen-bond donors (Lipinski definition) is 1. The Morgan fingerprint density at radius 3 is 2.26 bits per heavy atom. The van der Waals surface area contributed by atoms with Crippen LogP contribution in [0.2, 0.25) is 0 Å². The number of ether oxygens (including phenoxy) is 2. The third-order valence-electron chi connectivity index (χ3n) is 5.91. The number of hydrogen-bond acceptors (Lipinski definition) is 6. The second-order valence-corrected chi connectivity index (χ2v) is 9.81. The number of anilines is 1. The first-order valence-electron chi connectivity index (χ1n) is 11.0. The number of rotatable bonds is 4. The van der Waals surface area contributed by atoms with E-state index in [1.54, 1.807) is 25.7 Å². The van der Waals surface area contributed by atoms with Crippen molar-refractivity contribution >= 4 is 17.7 Å². The van der Waals surface area contributed by atoms with E-state index in [1.165, 1.54) is 0 Å². The molecule has 4 rings (SSSR count). The van der Waals surface area contributed by atoms with Gasteiger partial charge in [-0.1, -0.05) is 0 Å². The van der Waals surface area contributed by atoms with Crippen LogP contribution < -0.4 is 10.1 Å². The van der Waals surface area contributed by atoms with Crippen LogP contribution in [0.5, 0.6) is 5.75 Å². The number of nitrogens with one attached hydrogen (secondary N) is 1. The molecule has 35 heavy (non-hydrogen) atoms. The van der Waals surface area contributed by atoms with Crippen molar-refractivity contribution in [2.24, 2.45) is 11.8 Å². The maximum atomic E-state index is 13.5. The molecular weight excluding hydrogens is 484 g/mol. The molecule has 0 aromatic carbocycles. The van der Waals surface area contributed by atoms with Crippen molar-refractivity contribution in [3.63, 3.8) is 0 Å².